The summed E-state index contributed by atoms with van der Waals surface area (Å²) in [4.78, 5) is 2.34. The van der Waals surface area contributed by atoms with Gasteiger partial charge in [0.15, 0.2) is 5.11 Å². The third kappa shape index (κ3) is 3.57. The molecule has 0 atom stereocenters. The largest absolute Gasteiger partial charge is 0.495 e. The third-order valence-electron chi connectivity index (χ3n) is 3.04. The fourth-order valence-corrected chi connectivity index (χ4v) is 2.22. The van der Waals surface area contributed by atoms with Crippen LogP contribution in [-0.2, 0) is 0 Å². The van der Waals surface area contributed by atoms with Crippen molar-refractivity contribution in [2.75, 3.05) is 25.1 Å². The molecular weight excluding hydrogens is 260 g/mol. The Morgan fingerprint density at radius 1 is 1.47 bits per heavy atom. The first kappa shape index (κ1) is 13.6. The van der Waals surface area contributed by atoms with Crippen molar-refractivity contribution in [3.8, 4) is 5.75 Å². The van der Waals surface area contributed by atoms with Gasteiger partial charge in [-0.2, -0.15) is 5.10 Å². The van der Waals surface area contributed by atoms with Gasteiger partial charge in [-0.15, -0.1) is 0 Å². The van der Waals surface area contributed by atoms with Gasteiger partial charge in [-0.1, -0.05) is 6.07 Å². The van der Waals surface area contributed by atoms with Gasteiger partial charge in [-0.25, -0.2) is 0 Å². The van der Waals surface area contributed by atoms with E-state index in [1.807, 2.05) is 12.1 Å². The first-order chi connectivity index (χ1) is 9.20. The molecule has 0 unspecified atom stereocenters. The Morgan fingerprint density at radius 2 is 2.21 bits per heavy atom. The smallest absolute Gasteiger partial charge is 0.184 e. The van der Waals surface area contributed by atoms with Crippen LogP contribution in [0.2, 0.25) is 0 Å². The lowest BCUT2D eigenvalue weighted by atomic mass is 10.2. The first-order valence-electron chi connectivity index (χ1n) is 6.22. The number of hydrogen-bond donors (Lipinski definition) is 2. The number of hydrogen-bond acceptors (Lipinski definition) is 4. The van der Waals surface area contributed by atoms with Gasteiger partial charge in [0.2, 0.25) is 0 Å². The van der Waals surface area contributed by atoms with Crippen LogP contribution < -0.4 is 20.8 Å². The van der Waals surface area contributed by atoms with Crippen LogP contribution in [0.15, 0.2) is 23.3 Å². The lowest BCUT2D eigenvalue weighted by Gasteiger charge is -2.20. The Bertz CT molecular complexity index is 484. The lowest BCUT2D eigenvalue weighted by molar-refractivity contribution is 0.415. The van der Waals surface area contributed by atoms with Crippen LogP contribution in [0.4, 0.5) is 5.69 Å². The number of nitrogens with one attached hydrogen (secondary N) is 1. The minimum Gasteiger partial charge on any atom is -0.495 e. The van der Waals surface area contributed by atoms with Gasteiger partial charge < -0.3 is 15.4 Å². The monoisotopic (exact) mass is 278 g/mol. The SMILES string of the molecule is COc1cc(C=NNC(N)=S)ccc1N1CCCC1. The van der Waals surface area contributed by atoms with Gasteiger partial charge in [-0.3, -0.25) is 5.43 Å². The summed E-state index contributed by atoms with van der Waals surface area (Å²) in [5.41, 5.74) is 9.90. The number of benzene rings is 1. The number of hydrazone groups is 1. The Hall–Kier alpha value is -1.82. The molecule has 1 heterocycles. The fourth-order valence-electron chi connectivity index (χ4n) is 2.16. The Morgan fingerprint density at radius 3 is 2.84 bits per heavy atom. The normalized spacial score (nSPS) is 14.9. The van der Waals surface area contributed by atoms with E-state index < -0.39 is 0 Å². The maximum Gasteiger partial charge on any atom is 0.184 e. The van der Waals surface area contributed by atoms with Crippen molar-refractivity contribution in [2.45, 2.75) is 12.8 Å². The summed E-state index contributed by atoms with van der Waals surface area (Å²) >= 11 is 4.67. The van der Waals surface area contributed by atoms with Crippen molar-refractivity contribution < 1.29 is 4.74 Å². The zero-order chi connectivity index (χ0) is 13.7. The Balaban J connectivity index is 2.15. The highest BCUT2D eigenvalue weighted by atomic mass is 32.1. The van der Waals surface area contributed by atoms with Crippen molar-refractivity contribution in [3.05, 3.63) is 23.8 Å². The number of methoxy groups -OCH3 is 1. The van der Waals surface area contributed by atoms with Gasteiger partial charge in [0.05, 0.1) is 19.0 Å². The lowest BCUT2D eigenvalue weighted by Crippen LogP contribution is -2.24. The zero-order valence-corrected chi connectivity index (χ0v) is 11.7. The fraction of sp³-hybridized carbons (Fsp3) is 0.385. The molecule has 6 heteroatoms. The van der Waals surface area contributed by atoms with Crippen LogP contribution in [-0.4, -0.2) is 31.5 Å². The average Bonchev–Trinajstić information content (AvgIpc) is 2.92. The quantitative estimate of drug-likeness (QED) is 0.496. The van der Waals surface area contributed by atoms with Gasteiger partial charge in [0.25, 0.3) is 0 Å². The van der Waals surface area contributed by atoms with E-state index >= 15 is 0 Å². The highest BCUT2D eigenvalue weighted by Gasteiger charge is 2.16. The van der Waals surface area contributed by atoms with Crippen molar-refractivity contribution in [2.24, 2.45) is 10.8 Å². The maximum absolute atomic E-state index is 5.45. The van der Waals surface area contributed by atoms with Crippen LogP contribution in [0.25, 0.3) is 0 Å². The second-order valence-corrected chi connectivity index (χ2v) is 4.80. The van der Waals surface area contributed by atoms with Gasteiger partial charge in [0.1, 0.15) is 5.75 Å². The van der Waals surface area contributed by atoms with Crippen LogP contribution in [0, 0.1) is 0 Å². The number of anilines is 1. The molecule has 0 aliphatic carbocycles. The summed E-state index contributed by atoms with van der Waals surface area (Å²) in [5, 5.41) is 4.08. The summed E-state index contributed by atoms with van der Waals surface area (Å²) in [6.07, 6.45) is 4.14. The summed E-state index contributed by atoms with van der Waals surface area (Å²) in [6, 6.07) is 6.02. The molecule has 0 radical (unpaired) electrons. The molecule has 1 aliphatic heterocycles. The van der Waals surface area contributed by atoms with Crippen molar-refractivity contribution in [1.82, 2.24) is 5.43 Å². The maximum atomic E-state index is 5.45. The first-order valence-corrected chi connectivity index (χ1v) is 6.63. The molecule has 19 heavy (non-hydrogen) atoms. The predicted molar refractivity (Wildman–Crippen MR) is 82.0 cm³/mol. The van der Waals surface area contributed by atoms with Gasteiger partial charge in [-0.05, 0) is 42.8 Å². The van der Waals surface area contributed by atoms with Crippen LogP contribution in [0.1, 0.15) is 18.4 Å². The van der Waals surface area contributed by atoms with E-state index in [-0.39, 0.29) is 5.11 Å². The average molecular weight is 278 g/mol. The number of thiocarbonyl (C=S) groups is 1. The molecule has 0 spiro atoms. The van der Waals surface area contributed by atoms with Gasteiger partial charge in [0, 0.05) is 13.1 Å². The highest BCUT2D eigenvalue weighted by molar-refractivity contribution is 7.80. The Labute approximate surface area is 118 Å². The summed E-state index contributed by atoms with van der Waals surface area (Å²) in [7, 11) is 1.68. The molecule has 3 N–H and O–H groups in total. The van der Waals surface area contributed by atoms with E-state index in [1.165, 1.54) is 12.8 Å². The van der Waals surface area contributed by atoms with E-state index in [2.05, 4.69) is 33.7 Å². The molecule has 0 aromatic heterocycles. The van der Waals surface area contributed by atoms with Crippen LogP contribution >= 0.6 is 12.2 Å². The molecule has 102 valence electrons. The van der Waals surface area contributed by atoms with Gasteiger partial charge >= 0.3 is 0 Å². The zero-order valence-electron chi connectivity index (χ0n) is 10.9. The standard InChI is InChI=1S/C13H18N4OS/c1-18-12-8-10(9-15-16-13(14)19)4-5-11(12)17-6-2-3-7-17/h4-5,8-9H,2-3,6-7H2,1H3,(H3,14,16,19). The van der Waals surface area contributed by atoms with E-state index in [0.717, 1.165) is 30.1 Å². The van der Waals surface area contributed by atoms with Crippen LogP contribution in [0.3, 0.4) is 0 Å². The minimum atomic E-state index is 0.150. The second-order valence-electron chi connectivity index (χ2n) is 4.36. The van der Waals surface area contributed by atoms with Crippen molar-refractivity contribution >= 4 is 29.2 Å². The molecule has 2 rings (SSSR count). The van der Waals surface area contributed by atoms with E-state index in [0.29, 0.717) is 0 Å². The Kier molecular flexibility index (Phi) is 4.57. The summed E-state index contributed by atoms with van der Waals surface area (Å²) in [6.45, 7) is 2.18. The van der Waals surface area contributed by atoms with E-state index in [4.69, 9.17) is 10.5 Å². The highest BCUT2D eigenvalue weighted by Crippen LogP contribution is 2.31. The molecule has 1 fully saturated rings. The number of nitrogens with zero attached hydrogens (tertiary/aromatic N) is 2. The molecule has 1 saturated heterocycles. The second kappa shape index (κ2) is 6.38. The molecule has 5 nitrogen and oxygen atoms in total. The topological polar surface area (TPSA) is 62.9 Å². The summed E-state index contributed by atoms with van der Waals surface area (Å²) < 4.78 is 5.45. The van der Waals surface area contributed by atoms with Crippen LogP contribution in [0.5, 0.6) is 5.75 Å². The number of nitrogens with two attached hydrogens (primary N) is 1. The molecule has 1 aromatic carbocycles. The number of ether oxygens (including phenoxy) is 1. The molecule has 0 amide bonds. The molecule has 0 saturated carbocycles. The van der Waals surface area contributed by atoms with Crippen molar-refractivity contribution in [1.29, 1.82) is 0 Å². The van der Waals surface area contributed by atoms with Crippen molar-refractivity contribution in [3.63, 3.8) is 0 Å². The predicted octanol–water partition coefficient (Wildman–Crippen LogP) is 1.46. The molecular formula is C13H18N4OS. The van der Waals surface area contributed by atoms with E-state index in [1.54, 1.807) is 13.3 Å². The molecule has 0 bridgehead atoms. The molecule has 1 aliphatic rings. The summed E-state index contributed by atoms with van der Waals surface area (Å²) in [5.74, 6) is 0.862. The number of rotatable bonds is 4. The molecule has 1 aromatic rings. The van der Waals surface area contributed by atoms with E-state index in [9.17, 15) is 0 Å². The third-order valence-corrected chi connectivity index (χ3v) is 3.13. The minimum absolute atomic E-state index is 0.150.